The molecule has 1 aliphatic rings. The van der Waals surface area contributed by atoms with Gasteiger partial charge >= 0.3 is 5.97 Å². The first kappa shape index (κ1) is 21.4. The molecule has 2 aromatic carbocycles. The number of carboxylic acid groups (broad SMARTS) is 1. The fourth-order valence-corrected chi connectivity index (χ4v) is 4.47. The van der Waals surface area contributed by atoms with Crippen LogP contribution in [0, 0.1) is 17.7 Å². The quantitative estimate of drug-likeness (QED) is 0.557. The Morgan fingerprint density at radius 1 is 1.06 bits per heavy atom. The molecule has 1 fully saturated rings. The van der Waals surface area contributed by atoms with Gasteiger partial charge < -0.3 is 15.0 Å². The monoisotopic (exact) mass is 442 g/mol. The summed E-state index contributed by atoms with van der Waals surface area (Å²) in [6.45, 7) is 0.905. The summed E-state index contributed by atoms with van der Waals surface area (Å²) in [4.78, 5) is 24.1. The predicted octanol–water partition coefficient (Wildman–Crippen LogP) is 5.10. The van der Waals surface area contributed by atoms with Crippen molar-refractivity contribution in [3.8, 4) is 0 Å². The van der Waals surface area contributed by atoms with E-state index in [2.05, 4.69) is 5.32 Å². The third-order valence-corrected chi connectivity index (χ3v) is 6.37. The van der Waals surface area contributed by atoms with E-state index in [9.17, 15) is 14.0 Å². The van der Waals surface area contributed by atoms with Crippen LogP contribution in [-0.4, -0.2) is 28.1 Å². The smallest absolute Gasteiger partial charge is 0.306 e. The van der Waals surface area contributed by atoms with Crippen molar-refractivity contribution in [2.75, 3.05) is 6.54 Å². The predicted molar refractivity (Wildman–Crippen MR) is 118 cm³/mol. The van der Waals surface area contributed by atoms with Gasteiger partial charge in [0.2, 0.25) is 0 Å². The number of hydrogen-bond acceptors (Lipinski definition) is 2. The zero-order chi connectivity index (χ0) is 22.0. The number of fused-ring (bicyclic) bond motifs is 1. The first-order chi connectivity index (χ1) is 14.9. The molecule has 1 heterocycles. The number of nitrogens with one attached hydrogen (secondary N) is 1. The van der Waals surface area contributed by atoms with Gasteiger partial charge in [0.15, 0.2) is 0 Å². The van der Waals surface area contributed by atoms with E-state index >= 15 is 0 Å². The first-order valence-corrected chi connectivity index (χ1v) is 10.8. The molecule has 162 valence electrons. The number of aliphatic carboxylic acids is 1. The van der Waals surface area contributed by atoms with Gasteiger partial charge in [-0.05, 0) is 67.5 Å². The van der Waals surface area contributed by atoms with E-state index in [1.54, 1.807) is 18.2 Å². The van der Waals surface area contributed by atoms with E-state index in [0.29, 0.717) is 36.5 Å². The second-order valence-electron chi connectivity index (χ2n) is 8.20. The SMILES string of the molecule is O=C(NC[C@H]1CC[C@H](C(=O)O)CC1)c1c(F)ccc2ccn(Cc3ccc(Cl)cc3)c12. The van der Waals surface area contributed by atoms with Crippen molar-refractivity contribution >= 4 is 34.4 Å². The van der Waals surface area contributed by atoms with Crippen molar-refractivity contribution in [2.45, 2.75) is 32.2 Å². The van der Waals surface area contributed by atoms with Crippen LogP contribution in [0.1, 0.15) is 41.6 Å². The molecule has 1 aliphatic carbocycles. The summed E-state index contributed by atoms with van der Waals surface area (Å²) in [5.41, 5.74) is 1.59. The minimum absolute atomic E-state index is 0.0377. The number of hydrogen-bond donors (Lipinski definition) is 2. The average molecular weight is 443 g/mol. The number of benzene rings is 2. The number of halogens is 2. The molecule has 31 heavy (non-hydrogen) atoms. The normalized spacial score (nSPS) is 18.8. The lowest BCUT2D eigenvalue weighted by molar-refractivity contribution is -0.143. The summed E-state index contributed by atoms with van der Waals surface area (Å²) in [6.07, 6.45) is 4.57. The van der Waals surface area contributed by atoms with Crippen LogP contribution in [0.3, 0.4) is 0 Å². The van der Waals surface area contributed by atoms with Gasteiger partial charge in [-0.15, -0.1) is 0 Å². The fraction of sp³-hybridized carbons (Fsp3) is 0.333. The van der Waals surface area contributed by atoms with Gasteiger partial charge in [-0.25, -0.2) is 4.39 Å². The maximum atomic E-state index is 14.8. The van der Waals surface area contributed by atoms with Gasteiger partial charge in [0, 0.05) is 29.7 Å². The number of carbonyl (C=O) groups excluding carboxylic acids is 1. The molecule has 1 aromatic heterocycles. The molecule has 5 nitrogen and oxygen atoms in total. The minimum Gasteiger partial charge on any atom is -0.481 e. The summed E-state index contributed by atoms with van der Waals surface area (Å²) in [5.74, 6) is -1.84. The number of carboxylic acids is 1. The van der Waals surface area contributed by atoms with E-state index < -0.39 is 17.7 Å². The van der Waals surface area contributed by atoms with Gasteiger partial charge in [-0.1, -0.05) is 23.7 Å². The highest BCUT2D eigenvalue weighted by Gasteiger charge is 2.27. The topological polar surface area (TPSA) is 71.3 Å². The molecule has 1 amide bonds. The average Bonchev–Trinajstić information content (AvgIpc) is 3.16. The van der Waals surface area contributed by atoms with Gasteiger partial charge in [0.05, 0.1) is 17.0 Å². The molecule has 3 aromatic rings. The molecular weight excluding hydrogens is 419 g/mol. The van der Waals surface area contributed by atoms with E-state index in [-0.39, 0.29) is 17.4 Å². The molecule has 0 unspecified atom stereocenters. The van der Waals surface area contributed by atoms with E-state index in [1.165, 1.54) is 6.07 Å². The number of rotatable bonds is 6. The summed E-state index contributed by atoms with van der Waals surface area (Å²) in [6, 6.07) is 12.3. The van der Waals surface area contributed by atoms with Gasteiger partial charge in [0.1, 0.15) is 5.82 Å². The third kappa shape index (κ3) is 4.74. The Morgan fingerprint density at radius 2 is 1.77 bits per heavy atom. The molecular formula is C24H24ClFN2O3. The minimum atomic E-state index is -0.752. The lowest BCUT2D eigenvalue weighted by Gasteiger charge is -2.26. The lowest BCUT2D eigenvalue weighted by Crippen LogP contribution is -2.33. The standard InChI is InChI=1S/C24H24ClFN2O3/c25-19-8-3-16(4-9-19)14-28-12-11-17-7-10-20(26)21(22(17)28)23(29)27-13-15-1-5-18(6-2-15)24(30)31/h3-4,7-12,15,18H,1-2,5-6,13-14H2,(H,27,29)(H,30,31)/t15-,18-. The van der Waals surface area contributed by atoms with Gasteiger partial charge in [-0.2, -0.15) is 0 Å². The Balaban J connectivity index is 1.52. The Labute approximate surface area is 184 Å². The maximum Gasteiger partial charge on any atom is 0.306 e. The summed E-state index contributed by atoms with van der Waals surface area (Å²) < 4.78 is 16.6. The number of amides is 1. The summed E-state index contributed by atoms with van der Waals surface area (Å²) in [7, 11) is 0. The van der Waals surface area contributed by atoms with Crippen LogP contribution in [0.4, 0.5) is 4.39 Å². The van der Waals surface area contributed by atoms with Crippen LogP contribution in [0.15, 0.2) is 48.7 Å². The molecule has 4 rings (SSSR count). The molecule has 0 saturated heterocycles. The molecule has 0 aliphatic heterocycles. The Morgan fingerprint density at radius 3 is 2.45 bits per heavy atom. The second-order valence-corrected chi connectivity index (χ2v) is 8.63. The number of nitrogens with zero attached hydrogens (tertiary/aromatic N) is 1. The van der Waals surface area contributed by atoms with Crippen LogP contribution in [0.25, 0.3) is 10.9 Å². The molecule has 0 radical (unpaired) electrons. The Hall–Kier alpha value is -2.86. The zero-order valence-electron chi connectivity index (χ0n) is 17.0. The molecule has 0 bridgehead atoms. The lowest BCUT2D eigenvalue weighted by atomic mass is 9.82. The maximum absolute atomic E-state index is 14.8. The van der Waals surface area contributed by atoms with Crippen molar-refractivity contribution in [1.82, 2.24) is 9.88 Å². The van der Waals surface area contributed by atoms with Crippen molar-refractivity contribution < 1.29 is 19.1 Å². The highest BCUT2D eigenvalue weighted by molar-refractivity contribution is 6.30. The zero-order valence-corrected chi connectivity index (χ0v) is 17.7. The third-order valence-electron chi connectivity index (χ3n) is 6.12. The van der Waals surface area contributed by atoms with Crippen LogP contribution in [0.2, 0.25) is 5.02 Å². The van der Waals surface area contributed by atoms with Crippen molar-refractivity contribution in [3.05, 3.63) is 70.6 Å². The highest BCUT2D eigenvalue weighted by Crippen LogP contribution is 2.29. The summed E-state index contributed by atoms with van der Waals surface area (Å²) in [5, 5.41) is 13.4. The first-order valence-electron chi connectivity index (χ1n) is 10.4. The highest BCUT2D eigenvalue weighted by atomic mass is 35.5. The van der Waals surface area contributed by atoms with Crippen molar-refractivity contribution in [2.24, 2.45) is 11.8 Å². The van der Waals surface area contributed by atoms with E-state index in [0.717, 1.165) is 23.8 Å². The van der Waals surface area contributed by atoms with Crippen LogP contribution >= 0.6 is 11.6 Å². The van der Waals surface area contributed by atoms with E-state index in [4.69, 9.17) is 16.7 Å². The molecule has 2 N–H and O–H groups in total. The van der Waals surface area contributed by atoms with Crippen LogP contribution in [0.5, 0.6) is 0 Å². The molecule has 7 heteroatoms. The van der Waals surface area contributed by atoms with Crippen LogP contribution in [-0.2, 0) is 11.3 Å². The van der Waals surface area contributed by atoms with E-state index in [1.807, 2.05) is 29.0 Å². The Kier molecular flexibility index (Phi) is 6.28. The molecule has 1 saturated carbocycles. The van der Waals surface area contributed by atoms with Crippen LogP contribution < -0.4 is 5.32 Å². The largest absolute Gasteiger partial charge is 0.481 e. The fourth-order valence-electron chi connectivity index (χ4n) is 4.34. The Bertz CT molecular complexity index is 1100. The second kappa shape index (κ2) is 9.10. The summed E-state index contributed by atoms with van der Waals surface area (Å²) >= 11 is 5.96. The van der Waals surface area contributed by atoms with Crippen molar-refractivity contribution in [3.63, 3.8) is 0 Å². The van der Waals surface area contributed by atoms with Gasteiger partial charge in [0.25, 0.3) is 5.91 Å². The van der Waals surface area contributed by atoms with Gasteiger partial charge in [-0.3, -0.25) is 9.59 Å². The number of carbonyl (C=O) groups is 2. The number of aromatic nitrogens is 1. The molecule has 0 atom stereocenters. The van der Waals surface area contributed by atoms with Crippen molar-refractivity contribution in [1.29, 1.82) is 0 Å². The molecule has 0 spiro atoms.